The van der Waals surface area contributed by atoms with Gasteiger partial charge in [0, 0.05) is 17.3 Å². The second-order valence-electron chi connectivity index (χ2n) is 4.63. The number of nitrogens with one attached hydrogen (secondary N) is 1. The van der Waals surface area contributed by atoms with Crippen LogP contribution in [-0.4, -0.2) is 0 Å². The normalized spacial score (nSPS) is 12.5. The molecule has 0 radical (unpaired) electrons. The lowest BCUT2D eigenvalue weighted by molar-refractivity contribution is 0.801. The molecule has 0 bridgehead atoms. The van der Waals surface area contributed by atoms with Crippen molar-refractivity contribution < 1.29 is 0 Å². The molecule has 0 heterocycles. The molecule has 2 nitrogen and oxygen atoms in total. The maximum absolute atomic E-state index is 6.06. The van der Waals surface area contributed by atoms with Gasteiger partial charge in [-0.3, -0.25) is 0 Å². The van der Waals surface area contributed by atoms with Crippen LogP contribution in [0, 0.1) is 0 Å². The molecule has 0 atom stereocenters. The molecule has 22 heavy (non-hydrogen) atoms. The zero-order valence-electron chi connectivity index (χ0n) is 14.2. The highest BCUT2D eigenvalue weighted by atomic mass is 35.5. The molecular formula is C19H29ClN2. The van der Waals surface area contributed by atoms with E-state index in [-0.39, 0.29) is 0 Å². The Morgan fingerprint density at radius 1 is 1.18 bits per heavy atom. The standard InChI is InChI=1S/C17H23ClN2.C2H6/c1-3-4-10-16(18)11-12-17(19)14(2)20-13-15-8-6-5-7-9-15;1-2/h5-12,20H,3-4,13,19H2,1-2H3;1-2H3/b12-11-,16-10-,17-14-;. The Kier molecular flexibility index (Phi) is 12.0. The van der Waals surface area contributed by atoms with Crippen molar-refractivity contribution in [3.8, 4) is 0 Å². The van der Waals surface area contributed by atoms with Crippen molar-refractivity contribution in [3.05, 3.63) is 70.5 Å². The number of benzene rings is 1. The summed E-state index contributed by atoms with van der Waals surface area (Å²) in [7, 11) is 0. The monoisotopic (exact) mass is 320 g/mol. The van der Waals surface area contributed by atoms with Crippen molar-refractivity contribution in [2.45, 2.75) is 47.1 Å². The fraction of sp³-hybridized carbons (Fsp3) is 0.368. The van der Waals surface area contributed by atoms with Gasteiger partial charge in [-0.15, -0.1) is 0 Å². The van der Waals surface area contributed by atoms with Crippen molar-refractivity contribution >= 4 is 11.6 Å². The van der Waals surface area contributed by atoms with Gasteiger partial charge < -0.3 is 11.1 Å². The van der Waals surface area contributed by atoms with Crippen LogP contribution in [0.5, 0.6) is 0 Å². The minimum Gasteiger partial charge on any atom is -0.397 e. The third-order valence-electron chi connectivity index (χ3n) is 2.88. The lowest BCUT2D eigenvalue weighted by atomic mass is 10.2. The van der Waals surface area contributed by atoms with Gasteiger partial charge in [0.25, 0.3) is 0 Å². The zero-order chi connectivity index (χ0) is 16.8. The fourth-order valence-electron chi connectivity index (χ4n) is 1.58. The van der Waals surface area contributed by atoms with Gasteiger partial charge in [-0.2, -0.15) is 0 Å². The molecule has 0 aliphatic carbocycles. The molecule has 1 rings (SSSR count). The molecule has 1 aromatic carbocycles. The molecular weight excluding hydrogens is 292 g/mol. The van der Waals surface area contributed by atoms with E-state index in [4.69, 9.17) is 17.3 Å². The summed E-state index contributed by atoms with van der Waals surface area (Å²) in [4.78, 5) is 0. The summed E-state index contributed by atoms with van der Waals surface area (Å²) < 4.78 is 0. The predicted octanol–water partition coefficient (Wildman–Crippen LogP) is 5.47. The van der Waals surface area contributed by atoms with E-state index in [1.807, 2.05) is 57.2 Å². The Bertz CT molecular complexity index is 487. The molecule has 1 aromatic rings. The highest BCUT2D eigenvalue weighted by Crippen LogP contribution is 2.08. The average Bonchev–Trinajstić information content (AvgIpc) is 2.58. The Morgan fingerprint density at radius 3 is 2.41 bits per heavy atom. The van der Waals surface area contributed by atoms with Gasteiger partial charge in [-0.1, -0.05) is 75.2 Å². The SMILES string of the molecule is CC.CCC/C=C(Cl)/C=C\C(N)=C(/C)NCc1ccccc1. The maximum Gasteiger partial charge on any atom is 0.0504 e. The summed E-state index contributed by atoms with van der Waals surface area (Å²) >= 11 is 6.06. The maximum atomic E-state index is 6.06. The van der Waals surface area contributed by atoms with E-state index >= 15 is 0 Å². The van der Waals surface area contributed by atoms with Crippen LogP contribution in [-0.2, 0) is 6.54 Å². The fourth-order valence-corrected chi connectivity index (χ4v) is 1.75. The first-order valence-electron chi connectivity index (χ1n) is 7.91. The highest BCUT2D eigenvalue weighted by Gasteiger charge is 1.95. The van der Waals surface area contributed by atoms with Crippen LogP contribution in [0.1, 0.15) is 46.1 Å². The highest BCUT2D eigenvalue weighted by molar-refractivity contribution is 6.31. The van der Waals surface area contributed by atoms with Crippen LogP contribution in [0.25, 0.3) is 0 Å². The number of hydrogen-bond donors (Lipinski definition) is 2. The van der Waals surface area contributed by atoms with E-state index in [1.54, 1.807) is 0 Å². The van der Waals surface area contributed by atoms with E-state index in [1.165, 1.54) is 5.56 Å². The van der Waals surface area contributed by atoms with Gasteiger partial charge in [0.1, 0.15) is 0 Å². The van der Waals surface area contributed by atoms with Crippen LogP contribution in [0.4, 0.5) is 0 Å². The van der Waals surface area contributed by atoms with Crippen molar-refractivity contribution in [2.24, 2.45) is 5.73 Å². The lowest BCUT2D eigenvalue weighted by Gasteiger charge is -2.08. The number of halogens is 1. The van der Waals surface area contributed by atoms with E-state index in [2.05, 4.69) is 24.4 Å². The summed E-state index contributed by atoms with van der Waals surface area (Å²) in [6.07, 6.45) is 7.74. The van der Waals surface area contributed by atoms with Crippen LogP contribution in [0.15, 0.2) is 65.0 Å². The van der Waals surface area contributed by atoms with Gasteiger partial charge in [0.15, 0.2) is 0 Å². The van der Waals surface area contributed by atoms with E-state index in [9.17, 15) is 0 Å². The number of allylic oxidation sites excluding steroid dienone is 5. The van der Waals surface area contributed by atoms with E-state index in [0.717, 1.165) is 30.1 Å². The second-order valence-corrected chi connectivity index (χ2v) is 5.07. The van der Waals surface area contributed by atoms with Gasteiger partial charge in [-0.25, -0.2) is 0 Å². The average molecular weight is 321 g/mol. The number of unbranched alkanes of at least 4 members (excludes halogenated alkanes) is 1. The molecule has 0 saturated heterocycles. The quantitative estimate of drug-likeness (QED) is 0.653. The Hall–Kier alpha value is -1.67. The Labute approximate surface area is 140 Å². The molecule has 0 aliphatic heterocycles. The van der Waals surface area contributed by atoms with Gasteiger partial charge in [0.2, 0.25) is 0 Å². The van der Waals surface area contributed by atoms with Gasteiger partial charge in [0.05, 0.1) is 5.70 Å². The summed E-state index contributed by atoms with van der Waals surface area (Å²) in [6, 6.07) is 10.2. The van der Waals surface area contributed by atoms with Crippen LogP contribution >= 0.6 is 11.6 Å². The molecule has 0 aliphatic rings. The van der Waals surface area contributed by atoms with E-state index < -0.39 is 0 Å². The van der Waals surface area contributed by atoms with Crippen molar-refractivity contribution in [1.82, 2.24) is 5.32 Å². The third-order valence-corrected chi connectivity index (χ3v) is 3.16. The summed E-state index contributed by atoms with van der Waals surface area (Å²) in [5, 5.41) is 4.03. The Balaban J connectivity index is 0.00000211. The van der Waals surface area contributed by atoms with Crippen molar-refractivity contribution in [2.75, 3.05) is 0 Å². The molecule has 3 N–H and O–H groups in total. The lowest BCUT2D eigenvalue weighted by Crippen LogP contribution is -2.15. The smallest absolute Gasteiger partial charge is 0.0504 e. The first-order chi connectivity index (χ1) is 10.6. The van der Waals surface area contributed by atoms with Gasteiger partial charge in [-0.05, 0) is 31.1 Å². The first-order valence-corrected chi connectivity index (χ1v) is 8.29. The topological polar surface area (TPSA) is 38.0 Å². The Morgan fingerprint density at radius 2 is 1.82 bits per heavy atom. The number of hydrogen-bond acceptors (Lipinski definition) is 2. The van der Waals surface area contributed by atoms with Crippen LogP contribution in [0.3, 0.4) is 0 Å². The van der Waals surface area contributed by atoms with Crippen molar-refractivity contribution in [1.29, 1.82) is 0 Å². The minimum absolute atomic E-state index is 0.698. The first kappa shape index (κ1) is 20.3. The molecule has 0 spiro atoms. The molecule has 0 saturated carbocycles. The molecule has 0 amide bonds. The summed E-state index contributed by atoms with van der Waals surface area (Å²) in [5.41, 5.74) is 8.88. The minimum atomic E-state index is 0.698. The van der Waals surface area contributed by atoms with Crippen molar-refractivity contribution in [3.63, 3.8) is 0 Å². The number of rotatable bonds is 7. The zero-order valence-corrected chi connectivity index (χ0v) is 15.0. The molecule has 0 aromatic heterocycles. The van der Waals surface area contributed by atoms with Crippen LogP contribution in [0.2, 0.25) is 0 Å². The molecule has 0 fully saturated rings. The molecule has 122 valence electrons. The number of nitrogens with two attached hydrogens (primary N) is 1. The van der Waals surface area contributed by atoms with Crippen LogP contribution < -0.4 is 11.1 Å². The second kappa shape index (κ2) is 13.0. The van der Waals surface area contributed by atoms with E-state index in [0.29, 0.717) is 5.70 Å². The summed E-state index contributed by atoms with van der Waals surface area (Å²) in [5.74, 6) is 0. The van der Waals surface area contributed by atoms with Gasteiger partial charge >= 0.3 is 0 Å². The molecule has 3 heteroatoms. The summed E-state index contributed by atoms with van der Waals surface area (Å²) in [6.45, 7) is 8.85. The third kappa shape index (κ3) is 9.30. The predicted molar refractivity (Wildman–Crippen MR) is 99.5 cm³/mol. The molecule has 0 unspecified atom stereocenters. The largest absolute Gasteiger partial charge is 0.397 e.